The lowest BCUT2D eigenvalue weighted by atomic mass is 9.99. The van der Waals surface area contributed by atoms with Crippen LogP contribution in [0.5, 0.6) is 0 Å². The van der Waals surface area contributed by atoms with Crippen LogP contribution < -0.4 is 0 Å². The van der Waals surface area contributed by atoms with Crippen LogP contribution in [-0.4, -0.2) is 19.5 Å². The van der Waals surface area contributed by atoms with Crippen LogP contribution in [0.2, 0.25) is 0 Å². The largest absolute Gasteiger partial charge is 0.455 e. The van der Waals surface area contributed by atoms with Gasteiger partial charge in [-0.05, 0) is 53.1 Å². The Morgan fingerprint density at radius 1 is 0.357 bits per heavy atom. The van der Waals surface area contributed by atoms with Crippen molar-refractivity contribution in [3.8, 4) is 62.1 Å². The molecule has 0 bridgehead atoms. The summed E-state index contributed by atoms with van der Waals surface area (Å²) >= 11 is 0. The molecule has 56 heavy (non-hydrogen) atoms. The maximum absolute atomic E-state index is 6.78. The topological polar surface area (TPSA) is 56.7 Å². The van der Waals surface area contributed by atoms with Crippen molar-refractivity contribution in [3.63, 3.8) is 0 Å². The van der Waals surface area contributed by atoms with Gasteiger partial charge in [0.25, 0.3) is 0 Å². The van der Waals surface area contributed by atoms with Crippen molar-refractivity contribution in [2.75, 3.05) is 0 Å². The smallest absolute Gasteiger partial charge is 0.164 e. The number of rotatable bonds is 6. The summed E-state index contributed by atoms with van der Waals surface area (Å²) in [5.74, 6) is 1.82. The molecule has 11 rings (SSSR count). The van der Waals surface area contributed by atoms with Crippen LogP contribution in [0.25, 0.3) is 106 Å². The van der Waals surface area contributed by atoms with Gasteiger partial charge < -0.3 is 8.98 Å². The Morgan fingerprint density at radius 3 is 1.66 bits per heavy atom. The first kappa shape index (κ1) is 31.9. The summed E-state index contributed by atoms with van der Waals surface area (Å²) in [6, 6.07) is 67.3. The number of nitrogens with zero attached hydrogens (tertiary/aromatic N) is 4. The van der Waals surface area contributed by atoms with E-state index in [1.807, 2.05) is 48.5 Å². The second-order valence-electron chi connectivity index (χ2n) is 14.0. The Morgan fingerprint density at radius 2 is 0.893 bits per heavy atom. The summed E-state index contributed by atoms with van der Waals surface area (Å²) in [4.78, 5) is 15.3. The Balaban J connectivity index is 1.07. The minimum absolute atomic E-state index is 0.592. The zero-order chi connectivity index (χ0) is 37.0. The van der Waals surface area contributed by atoms with Gasteiger partial charge in [-0.15, -0.1) is 0 Å². The standard InChI is InChI=1S/C51H32N4O/c1-4-14-33(15-5-1)34-26-28-36(29-27-34)50-52-49(35-16-6-2-7-17-35)53-51(54-50)42-23-13-25-46-47(42)41-22-12-21-39(48(41)56-46)37-30-31-45-43(32-37)40-20-10-11-24-44(40)55(45)38-18-8-3-9-19-38/h1-32H. The van der Waals surface area contributed by atoms with Crippen molar-refractivity contribution in [3.05, 3.63) is 194 Å². The van der Waals surface area contributed by atoms with Crippen LogP contribution in [0.15, 0.2) is 199 Å². The molecule has 5 nitrogen and oxygen atoms in total. The normalized spacial score (nSPS) is 11.6. The van der Waals surface area contributed by atoms with Crippen LogP contribution in [0.1, 0.15) is 0 Å². The Bertz CT molecular complexity index is 3220. The maximum Gasteiger partial charge on any atom is 0.164 e. The molecule has 0 saturated heterocycles. The van der Waals surface area contributed by atoms with Crippen molar-refractivity contribution in [1.29, 1.82) is 0 Å². The number of fused-ring (bicyclic) bond motifs is 6. The number of hydrogen-bond acceptors (Lipinski definition) is 4. The fourth-order valence-electron chi connectivity index (χ4n) is 8.04. The summed E-state index contributed by atoms with van der Waals surface area (Å²) in [7, 11) is 0. The van der Waals surface area contributed by atoms with Gasteiger partial charge >= 0.3 is 0 Å². The molecular formula is C51H32N4O. The van der Waals surface area contributed by atoms with Crippen molar-refractivity contribution in [2.45, 2.75) is 0 Å². The third-order valence-corrected chi connectivity index (χ3v) is 10.7. The fraction of sp³-hybridized carbons (Fsp3) is 0. The van der Waals surface area contributed by atoms with E-state index in [4.69, 9.17) is 19.4 Å². The van der Waals surface area contributed by atoms with Gasteiger partial charge in [-0.3, -0.25) is 0 Å². The van der Waals surface area contributed by atoms with E-state index >= 15 is 0 Å². The second kappa shape index (κ2) is 13.0. The molecule has 11 aromatic rings. The van der Waals surface area contributed by atoms with Gasteiger partial charge in [-0.1, -0.05) is 158 Å². The highest BCUT2D eigenvalue weighted by Gasteiger charge is 2.20. The predicted octanol–water partition coefficient (Wildman–Crippen LogP) is 13.2. The first-order chi connectivity index (χ1) is 27.8. The maximum atomic E-state index is 6.78. The van der Waals surface area contributed by atoms with Crippen molar-refractivity contribution >= 4 is 43.7 Å². The van der Waals surface area contributed by atoms with E-state index in [0.717, 1.165) is 72.1 Å². The van der Waals surface area contributed by atoms with Crippen LogP contribution >= 0.6 is 0 Å². The predicted molar refractivity (Wildman–Crippen MR) is 229 cm³/mol. The molecule has 0 aliphatic carbocycles. The number of para-hydroxylation sites is 3. The minimum Gasteiger partial charge on any atom is -0.455 e. The lowest BCUT2D eigenvalue weighted by Crippen LogP contribution is -2.00. The second-order valence-corrected chi connectivity index (χ2v) is 14.0. The summed E-state index contributed by atoms with van der Waals surface area (Å²) in [5, 5.41) is 4.39. The number of benzene rings is 8. The molecule has 0 aliphatic rings. The van der Waals surface area contributed by atoms with Crippen LogP contribution in [-0.2, 0) is 0 Å². The van der Waals surface area contributed by atoms with E-state index in [1.165, 1.54) is 16.3 Å². The lowest BCUT2D eigenvalue weighted by molar-refractivity contribution is 0.670. The van der Waals surface area contributed by atoms with Crippen LogP contribution in [0.3, 0.4) is 0 Å². The highest BCUT2D eigenvalue weighted by Crippen LogP contribution is 2.42. The van der Waals surface area contributed by atoms with Gasteiger partial charge in [0.05, 0.1) is 11.0 Å². The van der Waals surface area contributed by atoms with E-state index in [-0.39, 0.29) is 0 Å². The zero-order valence-electron chi connectivity index (χ0n) is 30.2. The summed E-state index contributed by atoms with van der Waals surface area (Å²) in [5.41, 5.74) is 12.2. The highest BCUT2D eigenvalue weighted by molar-refractivity contribution is 6.16. The number of hydrogen-bond donors (Lipinski definition) is 0. The first-order valence-electron chi connectivity index (χ1n) is 18.8. The molecule has 262 valence electrons. The van der Waals surface area contributed by atoms with Crippen LogP contribution in [0, 0.1) is 0 Å². The van der Waals surface area contributed by atoms with E-state index < -0.39 is 0 Å². The SMILES string of the molecule is c1ccc(-c2ccc(-c3nc(-c4ccccc4)nc(-c4cccc5oc6c(-c7ccc8c(c7)c7ccccc7n8-c7ccccc7)cccc6c45)n3)cc2)cc1. The molecule has 8 aromatic carbocycles. The van der Waals surface area contributed by atoms with Gasteiger partial charge in [0.2, 0.25) is 0 Å². The molecular weight excluding hydrogens is 685 g/mol. The average molecular weight is 717 g/mol. The van der Waals surface area contributed by atoms with Gasteiger partial charge in [-0.2, -0.15) is 0 Å². The third-order valence-electron chi connectivity index (χ3n) is 10.7. The van der Waals surface area contributed by atoms with Crippen LogP contribution in [0.4, 0.5) is 0 Å². The number of aromatic nitrogens is 4. The van der Waals surface area contributed by atoms with Crippen molar-refractivity contribution < 1.29 is 4.42 Å². The molecule has 0 radical (unpaired) electrons. The average Bonchev–Trinajstić information content (AvgIpc) is 3.83. The molecule has 3 aromatic heterocycles. The monoisotopic (exact) mass is 716 g/mol. The molecule has 0 fully saturated rings. The van der Waals surface area contributed by atoms with E-state index in [1.54, 1.807) is 0 Å². The quantitative estimate of drug-likeness (QED) is 0.172. The summed E-state index contributed by atoms with van der Waals surface area (Å²) < 4.78 is 9.12. The molecule has 0 N–H and O–H groups in total. The van der Waals surface area contributed by atoms with Gasteiger partial charge in [0.1, 0.15) is 11.2 Å². The molecule has 0 saturated carbocycles. The molecule has 0 aliphatic heterocycles. The zero-order valence-corrected chi connectivity index (χ0v) is 30.2. The van der Waals surface area contributed by atoms with Crippen molar-refractivity contribution in [2.24, 2.45) is 0 Å². The van der Waals surface area contributed by atoms with Gasteiger partial charge in [-0.25, -0.2) is 15.0 Å². The molecule has 0 amide bonds. The summed E-state index contributed by atoms with van der Waals surface area (Å²) in [6.45, 7) is 0. The highest BCUT2D eigenvalue weighted by atomic mass is 16.3. The first-order valence-corrected chi connectivity index (χ1v) is 18.8. The van der Waals surface area contributed by atoms with Gasteiger partial charge in [0, 0.05) is 49.5 Å². The minimum atomic E-state index is 0.592. The Hall–Kier alpha value is -7.63. The third kappa shape index (κ3) is 5.29. The van der Waals surface area contributed by atoms with E-state index in [2.05, 4.69) is 150 Å². The van der Waals surface area contributed by atoms with Gasteiger partial charge in [0.15, 0.2) is 17.5 Å². The van der Waals surface area contributed by atoms with E-state index in [9.17, 15) is 0 Å². The summed E-state index contributed by atoms with van der Waals surface area (Å²) in [6.07, 6.45) is 0. The molecule has 0 unspecified atom stereocenters. The molecule has 5 heteroatoms. The molecule has 0 spiro atoms. The lowest BCUT2D eigenvalue weighted by Gasteiger charge is -2.10. The number of furan rings is 1. The molecule has 3 heterocycles. The Labute approximate surface area is 322 Å². The van der Waals surface area contributed by atoms with Crippen molar-refractivity contribution in [1.82, 2.24) is 19.5 Å². The van der Waals surface area contributed by atoms with E-state index in [0.29, 0.717) is 17.5 Å². The Kier molecular flexibility index (Phi) is 7.42. The fourth-order valence-corrected chi connectivity index (χ4v) is 8.04. The molecule has 0 atom stereocenters.